The second-order valence-electron chi connectivity index (χ2n) is 8.76. The van der Waals surface area contributed by atoms with Gasteiger partial charge < -0.3 is 20.7 Å². The summed E-state index contributed by atoms with van der Waals surface area (Å²) in [5, 5.41) is 9.86. The smallest absolute Gasteiger partial charge is 0.406 e. The Morgan fingerprint density at radius 1 is 1.06 bits per heavy atom. The molecule has 0 aliphatic carbocycles. The minimum Gasteiger partial charge on any atom is -0.406 e. The summed E-state index contributed by atoms with van der Waals surface area (Å²) in [7, 11) is 0. The molecule has 0 spiro atoms. The molecular weight excluding hydrogens is 423 g/mol. The first-order valence-corrected chi connectivity index (χ1v) is 10.4. The average molecular weight is 449 g/mol. The van der Waals surface area contributed by atoms with Crippen LogP contribution in [0, 0.1) is 0 Å². The fraction of sp³-hybridized carbons (Fsp3) is 0.476. The molecule has 4 rings (SSSR count). The van der Waals surface area contributed by atoms with Gasteiger partial charge in [0.05, 0.1) is 6.20 Å². The molecule has 1 aliphatic rings. The highest BCUT2D eigenvalue weighted by molar-refractivity contribution is 5.76. The number of rotatable bonds is 5. The van der Waals surface area contributed by atoms with Crippen molar-refractivity contribution >= 4 is 28.7 Å². The van der Waals surface area contributed by atoms with Crippen molar-refractivity contribution in [3.05, 3.63) is 30.5 Å². The number of benzene rings is 1. The summed E-state index contributed by atoms with van der Waals surface area (Å²) in [6, 6.07) is 5.74. The number of nitrogens with one attached hydrogen (secondary N) is 3. The maximum Gasteiger partial charge on any atom is 0.573 e. The molecule has 1 aliphatic heterocycles. The van der Waals surface area contributed by atoms with Crippen LogP contribution in [-0.2, 0) is 0 Å². The fourth-order valence-corrected chi connectivity index (χ4v) is 3.65. The van der Waals surface area contributed by atoms with E-state index in [-0.39, 0.29) is 17.3 Å². The summed E-state index contributed by atoms with van der Waals surface area (Å²) in [6.45, 7) is 7.86. The molecule has 172 valence electrons. The zero-order valence-electron chi connectivity index (χ0n) is 18.1. The van der Waals surface area contributed by atoms with Crippen LogP contribution in [-0.4, -0.2) is 44.5 Å². The number of alkyl halides is 3. The molecule has 11 heteroatoms. The Morgan fingerprint density at radius 2 is 1.75 bits per heavy atom. The molecule has 0 unspecified atom stereocenters. The second-order valence-corrected chi connectivity index (χ2v) is 8.76. The Bertz CT molecular complexity index is 1070. The number of halogens is 3. The van der Waals surface area contributed by atoms with Crippen molar-refractivity contribution < 1.29 is 17.9 Å². The number of hydrogen-bond acceptors (Lipinski definition) is 7. The van der Waals surface area contributed by atoms with Gasteiger partial charge in [0.25, 0.3) is 0 Å². The van der Waals surface area contributed by atoms with E-state index in [1.807, 2.05) is 20.8 Å². The van der Waals surface area contributed by atoms with Gasteiger partial charge in [-0.25, -0.2) is 9.97 Å². The van der Waals surface area contributed by atoms with Crippen LogP contribution in [0.1, 0.15) is 39.7 Å². The fourth-order valence-electron chi connectivity index (χ4n) is 3.65. The van der Waals surface area contributed by atoms with E-state index < -0.39 is 6.36 Å². The van der Waals surface area contributed by atoms with Gasteiger partial charge in [-0.3, -0.25) is 4.57 Å². The number of ether oxygens (including phenoxy) is 1. The molecule has 2 aromatic heterocycles. The van der Waals surface area contributed by atoms with Crippen molar-refractivity contribution in [2.75, 3.05) is 23.7 Å². The van der Waals surface area contributed by atoms with E-state index in [1.54, 1.807) is 6.20 Å². The standard InChI is InChI=1S/C21H26F3N7O/c1-20(2,3)30-18-26-12-16-17(29-18)31(14-8-10-25-11-9-14)19(28-16)27-13-4-6-15(7-5-13)32-21(22,23)24/h4-7,12,14,25H,8-11H2,1-3H3,(H,27,28)(H,26,29,30). The molecule has 32 heavy (non-hydrogen) atoms. The molecule has 0 bridgehead atoms. The predicted molar refractivity (Wildman–Crippen MR) is 116 cm³/mol. The van der Waals surface area contributed by atoms with Gasteiger partial charge in [-0.1, -0.05) is 0 Å². The van der Waals surface area contributed by atoms with Crippen molar-refractivity contribution in [2.45, 2.75) is 51.6 Å². The van der Waals surface area contributed by atoms with Gasteiger partial charge in [-0.05, 0) is 71.0 Å². The zero-order valence-corrected chi connectivity index (χ0v) is 18.1. The Labute approximate surface area is 183 Å². The highest BCUT2D eigenvalue weighted by atomic mass is 19.4. The number of hydrogen-bond donors (Lipinski definition) is 3. The highest BCUT2D eigenvalue weighted by Crippen LogP contribution is 2.31. The monoisotopic (exact) mass is 449 g/mol. The average Bonchev–Trinajstić information content (AvgIpc) is 3.05. The Balaban J connectivity index is 1.68. The van der Waals surface area contributed by atoms with Gasteiger partial charge in [0.2, 0.25) is 11.9 Å². The molecule has 3 heterocycles. The maximum absolute atomic E-state index is 12.4. The summed E-state index contributed by atoms with van der Waals surface area (Å²) >= 11 is 0. The van der Waals surface area contributed by atoms with Gasteiger partial charge in [0.15, 0.2) is 5.65 Å². The van der Waals surface area contributed by atoms with Crippen LogP contribution >= 0.6 is 0 Å². The van der Waals surface area contributed by atoms with Gasteiger partial charge in [-0.15, -0.1) is 13.2 Å². The van der Waals surface area contributed by atoms with Crippen LogP contribution < -0.4 is 20.7 Å². The van der Waals surface area contributed by atoms with Crippen molar-refractivity contribution in [3.63, 3.8) is 0 Å². The topological polar surface area (TPSA) is 88.9 Å². The van der Waals surface area contributed by atoms with E-state index in [1.165, 1.54) is 24.3 Å². The lowest BCUT2D eigenvalue weighted by atomic mass is 10.1. The molecule has 1 fully saturated rings. The Morgan fingerprint density at radius 3 is 2.38 bits per heavy atom. The van der Waals surface area contributed by atoms with Gasteiger partial charge in [0.1, 0.15) is 11.3 Å². The first-order valence-electron chi connectivity index (χ1n) is 10.4. The predicted octanol–water partition coefficient (Wildman–Crippen LogP) is 4.60. The third-order valence-corrected chi connectivity index (χ3v) is 4.94. The van der Waals surface area contributed by atoms with Gasteiger partial charge >= 0.3 is 6.36 Å². The molecular formula is C21H26F3N7O. The van der Waals surface area contributed by atoms with Gasteiger partial charge in [0, 0.05) is 17.3 Å². The van der Waals surface area contributed by atoms with E-state index in [0.29, 0.717) is 28.7 Å². The molecule has 0 amide bonds. The summed E-state index contributed by atoms with van der Waals surface area (Å²) in [5.41, 5.74) is 1.74. The van der Waals surface area contributed by atoms with Crippen LogP contribution in [0.15, 0.2) is 30.5 Å². The van der Waals surface area contributed by atoms with E-state index in [2.05, 4.69) is 35.2 Å². The number of piperidine rings is 1. The number of nitrogens with zero attached hydrogens (tertiary/aromatic N) is 4. The molecule has 1 aromatic carbocycles. The SMILES string of the molecule is CC(C)(C)Nc1ncc2nc(Nc3ccc(OC(F)(F)F)cc3)n(C3CCNCC3)c2n1. The minimum absolute atomic E-state index is 0.175. The number of anilines is 3. The molecule has 3 aromatic rings. The molecule has 8 nitrogen and oxygen atoms in total. The number of aromatic nitrogens is 4. The summed E-state index contributed by atoms with van der Waals surface area (Å²) in [5.74, 6) is 0.803. The van der Waals surface area contributed by atoms with E-state index in [9.17, 15) is 13.2 Å². The number of imidazole rings is 1. The normalized spacial score (nSPS) is 15.7. The van der Waals surface area contributed by atoms with Crippen molar-refractivity contribution in [1.29, 1.82) is 0 Å². The van der Waals surface area contributed by atoms with Crippen molar-refractivity contribution in [2.24, 2.45) is 0 Å². The largest absolute Gasteiger partial charge is 0.573 e. The molecule has 0 atom stereocenters. The van der Waals surface area contributed by atoms with Crippen molar-refractivity contribution in [1.82, 2.24) is 24.8 Å². The molecule has 0 radical (unpaired) electrons. The number of fused-ring (bicyclic) bond motifs is 1. The first kappa shape index (κ1) is 22.1. The van der Waals surface area contributed by atoms with Crippen molar-refractivity contribution in [3.8, 4) is 5.75 Å². The lowest BCUT2D eigenvalue weighted by molar-refractivity contribution is -0.274. The molecule has 0 saturated carbocycles. The Kier molecular flexibility index (Phi) is 5.85. The van der Waals surface area contributed by atoms with Crippen LogP contribution in [0.3, 0.4) is 0 Å². The van der Waals surface area contributed by atoms with Crippen LogP contribution in [0.4, 0.5) is 30.8 Å². The summed E-state index contributed by atoms with van der Waals surface area (Å²) in [6.07, 6.45) is -1.23. The summed E-state index contributed by atoms with van der Waals surface area (Å²) < 4.78 is 43.3. The molecule has 3 N–H and O–H groups in total. The Hall–Kier alpha value is -3.08. The lowest BCUT2D eigenvalue weighted by Crippen LogP contribution is -2.30. The van der Waals surface area contributed by atoms with Crippen LogP contribution in [0.5, 0.6) is 5.75 Å². The summed E-state index contributed by atoms with van der Waals surface area (Å²) in [4.78, 5) is 13.8. The van der Waals surface area contributed by atoms with E-state index in [0.717, 1.165) is 25.9 Å². The van der Waals surface area contributed by atoms with Crippen LogP contribution in [0.2, 0.25) is 0 Å². The highest BCUT2D eigenvalue weighted by Gasteiger charge is 2.31. The third-order valence-electron chi connectivity index (χ3n) is 4.94. The zero-order chi connectivity index (χ0) is 22.9. The third kappa shape index (κ3) is 5.39. The first-order chi connectivity index (χ1) is 15.1. The van der Waals surface area contributed by atoms with E-state index in [4.69, 9.17) is 4.98 Å². The molecule has 1 saturated heterocycles. The second kappa shape index (κ2) is 8.45. The van der Waals surface area contributed by atoms with E-state index >= 15 is 0 Å². The maximum atomic E-state index is 12.4. The quantitative estimate of drug-likeness (QED) is 0.524. The van der Waals surface area contributed by atoms with Gasteiger partial charge in [-0.2, -0.15) is 4.98 Å². The lowest BCUT2D eigenvalue weighted by Gasteiger charge is -2.26. The minimum atomic E-state index is -4.73. The van der Waals surface area contributed by atoms with Crippen LogP contribution in [0.25, 0.3) is 11.2 Å².